The second-order valence-corrected chi connectivity index (χ2v) is 6.07. The van der Waals surface area contributed by atoms with Crippen molar-refractivity contribution in [3.05, 3.63) is 29.6 Å². The Kier molecular flexibility index (Phi) is 3.25. The van der Waals surface area contributed by atoms with Crippen LogP contribution in [-0.4, -0.2) is 26.6 Å². The average Bonchev–Trinajstić information content (AvgIpc) is 3.03. The third-order valence-electron chi connectivity index (χ3n) is 2.44. The fourth-order valence-corrected chi connectivity index (χ4v) is 2.00. The lowest BCUT2D eigenvalue weighted by molar-refractivity contribution is 0.0951. The molecular weight excluding hydrogens is 259 g/mol. The SMILES string of the molecule is CS(=O)(=O)Nc1cc(C(=O)NC2CC2)ccc1F. The number of anilines is 1. The van der Waals surface area contributed by atoms with Crippen molar-refractivity contribution < 1.29 is 17.6 Å². The molecule has 0 spiro atoms. The maximum Gasteiger partial charge on any atom is 0.251 e. The molecule has 1 saturated carbocycles. The minimum Gasteiger partial charge on any atom is -0.349 e. The van der Waals surface area contributed by atoms with Gasteiger partial charge in [-0.1, -0.05) is 0 Å². The second-order valence-electron chi connectivity index (χ2n) is 4.32. The summed E-state index contributed by atoms with van der Waals surface area (Å²) in [6.45, 7) is 0. The van der Waals surface area contributed by atoms with Crippen molar-refractivity contribution in [3.8, 4) is 0 Å². The number of halogens is 1. The van der Waals surface area contributed by atoms with Gasteiger partial charge in [0.25, 0.3) is 5.91 Å². The number of carbonyl (C=O) groups excluding carboxylic acids is 1. The molecule has 1 aromatic carbocycles. The number of hydrogen-bond acceptors (Lipinski definition) is 3. The highest BCUT2D eigenvalue weighted by atomic mass is 32.2. The number of benzene rings is 1. The number of nitrogens with one attached hydrogen (secondary N) is 2. The molecule has 5 nitrogen and oxygen atoms in total. The summed E-state index contributed by atoms with van der Waals surface area (Å²) in [5.74, 6) is -1.04. The Balaban J connectivity index is 2.22. The van der Waals surface area contributed by atoms with Gasteiger partial charge in [0.15, 0.2) is 0 Å². The third-order valence-corrected chi connectivity index (χ3v) is 3.03. The molecule has 18 heavy (non-hydrogen) atoms. The van der Waals surface area contributed by atoms with Crippen LogP contribution in [0.4, 0.5) is 10.1 Å². The topological polar surface area (TPSA) is 75.3 Å². The summed E-state index contributed by atoms with van der Waals surface area (Å²) < 4.78 is 37.5. The van der Waals surface area contributed by atoms with Gasteiger partial charge in [-0.25, -0.2) is 12.8 Å². The van der Waals surface area contributed by atoms with Crippen molar-refractivity contribution in [1.29, 1.82) is 0 Å². The molecule has 2 rings (SSSR count). The molecule has 1 aliphatic carbocycles. The van der Waals surface area contributed by atoms with E-state index in [-0.39, 0.29) is 23.2 Å². The number of amides is 1. The summed E-state index contributed by atoms with van der Waals surface area (Å²) in [6, 6.07) is 3.76. The first kappa shape index (κ1) is 12.8. The summed E-state index contributed by atoms with van der Waals surface area (Å²) in [4.78, 5) is 11.7. The van der Waals surface area contributed by atoms with Gasteiger partial charge in [0.05, 0.1) is 11.9 Å². The summed E-state index contributed by atoms with van der Waals surface area (Å²) in [6.07, 6.45) is 2.81. The number of hydrogen-bond donors (Lipinski definition) is 2. The van der Waals surface area contributed by atoms with E-state index in [0.717, 1.165) is 25.2 Å². The lowest BCUT2D eigenvalue weighted by Gasteiger charge is -2.08. The fraction of sp³-hybridized carbons (Fsp3) is 0.364. The highest BCUT2D eigenvalue weighted by Crippen LogP contribution is 2.21. The molecule has 0 aromatic heterocycles. The van der Waals surface area contributed by atoms with E-state index in [1.165, 1.54) is 12.1 Å². The van der Waals surface area contributed by atoms with E-state index in [4.69, 9.17) is 0 Å². The maximum absolute atomic E-state index is 13.4. The molecule has 0 aliphatic heterocycles. The largest absolute Gasteiger partial charge is 0.349 e. The Bertz CT molecular complexity index is 582. The average molecular weight is 272 g/mol. The first-order valence-corrected chi connectivity index (χ1v) is 7.32. The van der Waals surface area contributed by atoms with E-state index in [1.807, 2.05) is 4.72 Å². The van der Waals surface area contributed by atoms with Crippen molar-refractivity contribution in [3.63, 3.8) is 0 Å². The van der Waals surface area contributed by atoms with E-state index in [1.54, 1.807) is 0 Å². The van der Waals surface area contributed by atoms with Crippen LogP contribution in [0.3, 0.4) is 0 Å². The molecule has 0 saturated heterocycles. The zero-order valence-corrected chi connectivity index (χ0v) is 10.6. The van der Waals surface area contributed by atoms with E-state index in [2.05, 4.69) is 5.32 Å². The molecule has 0 unspecified atom stereocenters. The first-order chi connectivity index (χ1) is 8.35. The van der Waals surface area contributed by atoms with Gasteiger partial charge >= 0.3 is 0 Å². The fourth-order valence-electron chi connectivity index (χ4n) is 1.44. The highest BCUT2D eigenvalue weighted by molar-refractivity contribution is 7.92. The molecule has 1 fully saturated rings. The van der Waals surface area contributed by atoms with Crippen LogP contribution in [0, 0.1) is 5.82 Å². The van der Waals surface area contributed by atoms with Crippen molar-refractivity contribution in [2.24, 2.45) is 0 Å². The predicted molar refractivity (Wildman–Crippen MR) is 65.4 cm³/mol. The molecule has 1 amide bonds. The van der Waals surface area contributed by atoms with Crippen molar-refractivity contribution >= 4 is 21.6 Å². The molecular formula is C11H13FN2O3S. The van der Waals surface area contributed by atoms with Gasteiger partial charge in [-0.05, 0) is 31.0 Å². The Morgan fingerprint density at radius 3 is 2.61 bits per heavy atom. The smallest absolute Gasteiger partial charge is 0.251 e. The van der Waals surface area contributed by atoms with E-state index < -0.39 is 15.8 Å². The van der Waals surface area contributed by atoms with E-state index in [9.17, 15) is 17.6 Å². The number of sulfonamides is 1. The Morgan fingerprint density at radius 1 is 1.39 bits per heavy atom. The van der Waals surface area contributed by atoms with E-state index in [0.29, 0.717) is 0 Å². The van der Waals surface area contributed by atoms with Crippen LogP contribution in [0.25, 0.3) is 0 Å². The summed E-state index contributed by atoms with van der Waals surface area (Å²) in [7, 11) is -3.57. The highest BCUT2D eigenvalue weighted by Gasteiger charge is 2.24. The normalized spacial score (nSPS) is 15.2. The molecule has 7 heteroatoms. The van der Waals surface area contributed by atoms with Crippen LogP contribution in [-0.2, 0) is 10.0 Å². The third kappa shape index (κ3) is 3.43. The Hall–Kier alpha value is -1.63. The minimum atomic E-state index is -3.57. The zero-order chi connectivity index (χ0) is 13.3. The Morgan fingerprint density at radius 2 is 2.06 bits per heavy atom. The van der Waals surface area contributed by atoms with Crippen molar-refractivity contribution in [1.82, 2.24) is 5.32 Å². The van der Waals surface area contributed by atoms with Crippen LogP contribution < -0.4 is 10.0 Å². The Labute approximate surface area is 104 Å². The van der Waals surface area contributed by atoms with Gasteiger partial charge in [-0.15, -0.1) is 0 Å². The number of carbonyl (C=O) groups is 1. The van der Waals surface area contributed by atoms with Crippen LogP contribution in [0.15, 0.2) is 18.2 Å². The summed E-state index contributed by atoms with van der Waals surface area (Å²) >= 11 is 0. The van der Waals surface area contributed by atoms with Crippen LogP contribution in [0.1, 0.15) is 23.2 Å². The predicted octanol–water partition coefficient (Wildman–Crippen LogP) is 1.09. The monoisotopic (exact) mass is 272 g/mol. The quantitative estimate of drug-likeness (QED) is 0.861. The van der Waals surface area contributed by atoms with Gasteiger partial charge < -0.3 is 5.32 Å². The molecule has 0 heterocycles. The lowest BCUT2D eigenvalue weighted by Crippen LogP contribution is -2.25. The van der Waals surface area contributed by atoms with Gasteiger partial charge in [0.2, 0.25) is 10.0 Å². The minimum absolute atomic E-state index is 0.189. The van der Waals surface area contributed by atoms with Gasteiger partial charge in [0.1, 0.15) is 5.82 Å². The molecule has 1 aromatic rings. The molecule has 0 bridgehead atoms. The molecule has 2 N–H and O–H groups in total. The van der Waals surface area contributed by atoms with Crippen LogP contribution in [0.5, 0.6) is 0 Å². The maximum atomic E-state index is 13.4. The molecule has 98 valence electrons. The number of rotatable bonds is 4. The zero-order valence-electron chi connectivity index (χ0n) is 9.73. The first-order valence-electron chi connectivity index (χ1n) is 5.43. The lowest BCUT2D eigenvalue weighted by atomic mass is 10.2. The molecule has 0 radical (unpaired) electrons. The van der Waals surface area contributed by atoms with Crippen molar-refractivity contribution in [2.75, 3.05) is 11.0 Å². The second kappa shape index (κ2) is 4.56. The standard InChI is InChI=1S/C11H13FN2O3S/c1-18(16,17)14-10-6-7(2-5-9(10)12)11(15)13-8-3-4-8/h2,5-6,8,14H,3-4H2,1H3,(H,13,15). The summed E-state index contributed by atoms with van der Waals surface area (Å²) in [5.41, 5.74) is 0.00963. The molecule has 0 atom stereocenters. The van der Waals surface area contributed by atoms with Crippen LogP contribution in [0.2, 0.25) is 0 Å². The van der Waals surface area contributed by atoms with Gasteiger partial charge in [0, 0.05) is 11.6 Å². The van der Waals surface area contributed by atoms with E-state index >= 15 is 0 Å². The van der Waals surface area contributed by atoms with Gasteiger partial charge in [-0.3, -0.25) is 9.52 Å². The summed E-state index contributed by atoms with van der Waals surface area (Å²) in [5, 5.41) is 2.74. The van der Waals surface area contributed by atoms with Crippen LogP contribution >= 0.6 is 0 Å². The van der Waals surface area contributed by atoms with Gasteiger partial charge in [-0.2, -0.15) is 0 Å². The molecule has 1 aliphatic rings. The van der Waals surface area contributed by atoms with Crippen molar-refractivity contribution in [2.45, 2.75) is 18.9 Å².